The fourth-order valence-corrected chi connectivity index (χ4v) is 3.80. The van der Waals surface area contributed by atoms with Gasteiger partial charge in [0.05, 0.1) is 19.0 Å². The van der Waals surface area contributed by atoms with Gasteiger partial charge in [0.15, 0.2) is 17.8 Å². The van der Waals surface area contributed by atoms with E-state index < -0.39 is 19.6 Å². The maximum absolute atomic E-state index is 13.2. The summed E-state index contributed by atoms with van der Waals surface area (Å²) >= 11 is 0. The van der Waals surface area contributed by atoms with Crippen molar-refractivity contribution < 1.29 is 23.5 Å². The Kier molecular flexibility index (Phi) is 6.99. The fourth-order valence-electron chi connectivity index (χ4n) is 2.50. The number of ether oxygens (including phenoxy) is 1. The largest absolute Gasteiger partial charge is 0.429 e. The summed E-state index contributed by atoms with van der Waals surface area (Å²) in [5, 5.41) is 2.25. The maximum atomic E-state index is 13.2. The molecule has 0 aliphatic rings. The molecule has 0 radical (unpaired) electrons. The van der Waals surface area contributed by atoms with Crippen LogP contribution in [0.2, 0.25) is 0 Å². The molecule has 30 heavy (non-hydrogen) atoms. The number of fused-ring (bicyclic) bond motifs is 1. The van der Waals surface area contributed by atoms with Crippen molar-refractivity contribution in [3.63, 3.8) is 0 Å². The molecule has 0 aliphatic carbocycles. The van der Waals surface area contributed by atoms with Gasteiger partial charge in [0.25, 0.3) is 0 Å². The lowest BCUT2D eigenvalue weighted by atomic mass is 10.3. The monoisotopic (exact) mass is 434 g/mol. The van der Waals surface area contributed by atoms with Crippen molar-refractivity contribution in [2.75, 3.05) is 12.1 Å². The van der Waals surface area contributed by atoms with Gasteiger partial charge in [-0.25, -0.2) is 15.0 Å². The number of hydrogen-bond acceptors (Lipinski definition) is 9. The minimum absolute atomic E-state index is 0.119. The number of hydrogen-bond donors (Lipinski definition) is 2. The first kappa shape index (κ1) is 21.7. The number of para-hydroxylation sites is 1. The Hall–Kier alpha value is -3.01. The summed E-state index contributed by atoms with van der Waals surface area (Å²) < 4.78 is 26.2. The molecule has 0 saturated carbocycles. The van der Waals surface area contributed by atoms with Gasteiger partial charge in [-0.3, -0.25) is 9.36 Å². The van der Waals surface area contributed by atoms with E-state index in [9.17, 15) is 9.36 Å². The molecule has 0 unspecified atom stereocenters. The summed E-state index contributed by atoms with van der Waals surface area (Å²) in [4.78, 5) is 28.6. The van der Waals surface area contributed by atoms with Gasteiger partial charge in [-0.15, -0.1) is 0 Å². The van der Waals surface area contributed by atoms with Crippen LogP contribution < -0.4 is 15.5 Å². The van der Waals surface area contributed by atoms with Gasteiger partial charge >= 0.3 is 13.5 Å². The van der Waals surface area contributed by atoms with Crippen molar-refractivity contribution in [1.82, 2.24) is 24.8 Å². The van der Waals surface area contributed by atoms with Crippen LogP contribution in [-0.2, 0) is 25.5 Å². The average Bonchev–Trinajstić information content (AvgIpc) is 3.15. The molecule has 3 aromatic rings. The van der Waals surface area contributed by atoms with Crippen LogP contribution in [0.1, 0.15) is 20.3 Å². The molecular weight excluding hydrogens is 411 g/mol. The molecule has 12 heteroatoms. The zero-order valence-electron chi connectivity index (χ0n) is 16.6. The zero-order valence-corrected chi connectivity index (χ0v) is 17.5. The number of aromatic nitrogens is 4. The van der Waals surface area contributed by atoms with Gasteiger partial charge < -0.3 is 24.4 Å². The van der Waals surface area contributed by atoms with E-state index in [1.807, 2.05) is 0 Å². The number of nitrogens with two attached hydrogens (primary N) is 1. The van der Waals surface area contributed by atoms with Crippen molar-refractivity contribution >= 4 is 30.5 Å². The highest BCUT2D eigenvalue weighted by atomic mass is 31.2. The smallest absolute Gasteiger partial charge is 0.373 e. The van der Waals surface area contributed by atoms with Gasteiger partial charge in [-0.1, -0.05) is 30.4 Å². The minimum atomic E-state index is -3.69. The Bertz CT molecular complexity index is 1040. The van der Waals surface area contributed by atoms with Gasteiger partial charge in [0.2, 0.25) is 0 Å². The Morgan fingerprint density at radius 2 is 2.03 bits per heavy atom. The molecule has 0 bridgehead atoms. The number of nitrogens with one attached hydrogen (secondary N) is 1. The second-order valence-electron chi connectivity index (χ2n) is 6.43. The molecule has 0 amide bonds. The third-order valence-electron chi connectivity index (χ3n) is 4.00. The Morgan fingerprint density at radius 3 is 2.77 bits per heavy atom. The second-order valence-corrected chi connectivity index (χ2v) is 8.40. The lowest BCUT2D eigenvalue weighted by Gasteiger charge is -2.22. The SMILES string of the molecule is CCC(=O)ON[P@](=O)(CO[C@H](C)Cn1cnc2c(N)ncnc21)Oc1ccccc1. The third-order valence-corrected chi connectivity index (χ3v) is 5.36. The summed E-state index contributed by atoms with van der Waals surface area (Å²) in [6, 6.07) is 8.55. The molecule has 1 aromatic carbocycles. The number of anilines is 1. The maximum Gasteiger partial charge on any atom is 0.373 e. The van der Waals surface area contributed by atoms with E-state index in [2.05, 4.69) is 20.2 Å². The van der Waals surface area contributed by atoms with Crippen LogP contribution in [0.25, 0.3) is 11.2 Å². The number of imidazole rings is 1. The molecule has 0 fully saturated rings. The molecule has 160 valence electrons. The molecule has 3 N–H and O–H groups in total. The lowest BCUT2D eigenvalue weighted by molar-refractivity contribution is -0.147. The highest BCUT2D eigenvalue weighted by molar-refractivity contribution is 7.56. The molecule has 11 nitrogen and oxygen atoms in total. The van der Waals surface area contributed by atoms with Crippen molar-refractivity contribution in [2.24, 2.45) is 0 Å². The number of carbonyl (C=O) groups is 1. The van der Waals surface area contributed by atoms with E-state index in [1.165, 1.54) is 6.33 Å². The normalized spacial score (nSPS) is 14.2. The van der Waals surface area contributed by atoms with Crippen LogP contribution in [0, 0.1) is 0 Å². The third kappa shape index (κ3) is 5.53. The number of nitrogens with zero attached hydrogens (tertiary/aromatic N) is 4. The van der Waals surface area contributed by atoms with Crippen molar-refractivity contribution in [3.8, 4) is 5.75 Å². The van der Waals surface area contributed by atoms with Gasteiger partial charge in [-0.2, -0.15) is 0 Å². The van der Waals surface area contributed by atoms with Gasteiger partial charge in [0.1, 0.15) is 17.6 Å². The summed E-state index contributed by atoms with van der Waals surface area (Å²) in [5.41, 5.74) is 6.86. The Balaban J connectivity index is 1.66. The summed E-state index contributed by atoms with van der Waals surface area (Å²) in [7, 11) is -3.69. The summed E-state index contributed by atoms with van der Waals surface area (Å²) in [6.45, 7) is 3.78. The number of benzene rings is 1. The van der Waals surface area contributed by atoms with E-state index in [0.717, 1.165) is 0 Å². The van der Waals surface area contributed by atoms with E-state index in [-0.39, 0.29) is 18.6 Å². The highest BCUT2D eigenvalue weighted by Crippen LogP contribution is 2.43. The van der Waals surface area contributed by atoms with E-state index in [1.54, 1.807) is 55.1 Å². The fraction of sp³-hybridized carbons (Fsp3) is 0.333. The van der Waals surface area contributed by atoms with Gasteiger partial charge in [-0.05, 0) is 19.1 Å². The van der Waals surface area contributed by atoms with Crippen LogP contribution in [0.3, 0.4) is 0 Å². The number of carbonyl (C=O) groups excluding carboxylic acids is 1. The standard InChI is InChI=1S/C18H23N6O5P/c1-3-15(25)28-23-30(26,29-14-7-5-4-6-8-14)12-27-13(2)9-24-11-22-16-17(19)20-10-21-18(16)24/h4-8,10-11,13H,3,9,12H2,1-2H3,(H,23,26)(H2,19,20,21)/t13-,30+/m1/s1. The van der Waals surface area contributed by atoms with Crippen LogP contribution in [-0.4, -0.2) is 37.9 Å². The molecular formula is C18H23N6O5P. The topological polar surface area (TPSA) is 143 Å². The summed E-state index contributed by atoms with van der Waals surface area (Å²) in [6.07, 6.45) is 2.33. The van der Waals surface area contributed by atoms with E-state index in [4.69, 9.17) is 19.8 Å². The molecule has 2 aromatic heterocycles. The molecule has 0 saturated heterocycles. The first-order valence-corrected chi connectivity index (χ1v) is 11.0. The van der Waals surface area contributed by atoms with E-state index >= 15 is 0 Å². The number of rotatable bonds is 10. The van der Waals surface area contributed by atoms with Crippen LogP contribution in [0.4, 0.5) is 5.82 Å². The van der Waals surface area contributed by atoms with Crippen LogP contribution >= 0.6 is 7.52 Å². The van der Waals surface area contributed by atoms with E-state index in [0.29, 0.717) is 23.5 Å². The molecule has 2 heterocycles. The van der Waals surface area contributed by atoms with Crippen LogP contribution in [0.5, 0.6) is 5.75 Å². The first-order valence-electron chi connectivity index (χ1n) is 9.23. The minimum Gasteiger partial charge on any atom is -0.429 e. The quantitative estimate of drug-likeness (QED) is 0.361. The van der Waals surface area contributed by atoms with Gasteiger partial charge in [0, 0.05) is 6.42 Å². The van der Waals surface area contributed by atoms with Crippen LogP contribution in [0.15, 0.2) is 43.0 Å². The molecule has 2 atom stereocenters. The predicted octanol–water partition coefficient (Wildman–Crippen LogP) is 2.50. The zero-order chi connectivity index (χ0) is 21.6. The number of nitrogen functional groups attached to an aromatic ring is 1. The first-order chi connectivity index (χ1) is 14.4. The average molecular weight is 434 g/mol. The predicted molar refractivity (Wildman–Crippen MR) is 109 cm³/mol. The van der Waals surface area contributed by atoms with Crippen molar-refractivity contribution in [2.45, 2.75) is 32.9 Å². The Morgan fingerprint density at radius 1 is 1.27 bits per heavy atom. The second kappa shape index (κ2) is 9.66. The summed E-state index contributed by atoms with van der Waals surface area (Å²) in [5.74, 6) is 0.0713. The molecule has 0 spiro atoms. The molecule has 3 rings (SSSR count). The van der Waals surface area contributed by atoms with Crippen molar-refractivity contribution in [3.05, 3.63) is 43.0 Å². The molecule has 0 aliphatic heterocycles. The lowest BCUT2D eigenvalue weighted by Crippen LogP contribution is -2.25. The highest BCUT2D eigenvalue weighted by Gasteiger charge is 2.28. The van der Waals surface area contributed by atoms with Crippen molar-refractivity contribution in [1.29, 1.82) is 0 Å². The Labute approximate surface area is 173 Å².